The monoisotopic (exact) mass is 276 g/mol. The number of nitrogens with zero attached hydrogens (tertiary/aromatic N) is 1. The van der Waals surface area contributed by atoms with E-state index in [0.29, 0.717) is 0 Å². The zero-order chi connectivity index (χ0) is 13.3. The molecule has 1 unspecified atom stereocenters. The molecule has 1 aliphatic heterocycles. The smallest absolute Gasteiger partial charge is 0.230 e. The Balaban J connectivity index is 1.55. The zero-order valence-electron chi connectivity index (χ0n) is 10.7. The predicted octanol–water partition coefficient (Wildman–Crippen LogP) is 2.29. The van der Waals surface area contributed by atoms with Gasteiger partial charge in [0, 0.05) is 22.6 Å². The highest BCUT2D eigenvalue weighted by Gasteiger charge is 2.70. The number of halogens is 1. The Hall–Kier alpha value is -1.06. The molecule has 5 rings (SSSR count). The van der Waals surface area contributed by atoms with Gasteiger partial charge in [-0.2, -0.15) is 0 Å². The number of carbonyl (C=O) groups is 1. The van der Waals surface area contributed by atoms with Crippen LogP contribution in [0.15, 0.2) is 24.3 Å². The Bertz CT molecular complexity index is 534. The van der Waals surface area contributed by atoms with Gasteiger partial charge in [0.25, 0.3) is 0 Å². The molecule has 4 heteroatoms. The summed E-state index contributed by atoms with van der Waals surface area (Å²) in [4.78, 5) is 14.7. The molecule has 3 saturated carbocycles. The van der Waals surface area contributed by atoms with Crippen molar-refractivity contribution in [3.05, 3.63) is 34.9 Å². The van der Waals surface area contributed by atoms with Crippen molar-refractivity contribution in [1.29, 1.82) is 0 Å². The van der Waals surface area contributed by atoms with Crippen LogP contribution in [-0.2, 0) is 4.79 Å². The Morgan fingerprint density at radius 3 is 2.42 bits per heavy atom. The summed E-state index contributed by atoms with van der Waals surface area (Å²) in [5.41, 5.74) is 7.36. The number of hydrogen-bond donors (Lipinski definition) is 1. The Kier molecular flexibility index (Phi) is 2.18. The summed E-state index contributed by atoms with van der Waals surface area (Å²) in [5.74, 6) is 0.295. The van der Waals surface area contributed by atoms with Gasteiger partial charge in [-0.3, -0.25) is 4.79 Å². The first-order valence-electron chi connectivity index (χ1n) is 6.87. The van der Waals surface area contributed by atoms with Crippen LogP contribution in [0.25, 0.3) is 0 Å². The van der Waals surface area contributed by atoms with Gasteiger partial charge in [0.2, 0.25) is 5.91 Å². The van der Waals surface area contributed by atoms with Gasteiger partial charge in [0.15, 0.2) is 0 Å². The van der Waals surface area contributed by atoms with Crippen LogP contribution in [0.2, 0.25) is 5.02 Å². The topological polar surface area (TPSA) is 46.3 Å². The normalized spacial score (nSPS) is 40.0. The van der Waals surface area contributed by atoms with E-state index in [1.54, 1.807) is 0 Å². The maximum atomic E-state index is 12.6. The van der Waals surface area contributed by atoms with Crippen molar-refractivity contribution in [3.63, 3.8) is 0 Å². The van der Waals surface area contributed by atoms with Crippen LogP contribution in [0.1, 0.15) is 37.2 Å². The van der Waals surface area contributed by atoms with E-state index >= 15 is 0 Å². The van der Waals surface area contributed by atoms with E-state index in [4.69, 9.17) is 17.3 Å². The van der Waals surface area contributed by atoms with Gasteiger partial charge >= 0.3 is 0 Å². The summed E-state index contributed by atoms with van der Waals surface area (Å²) >= 11 is 5.90. The first-order chi connectivity index (χ1) is 9.01. The molecule has 1 amide bonds. The molecule has 3 nitrogen and oxygen atoms in total. The molecule has 1 atom stereocenters. The van der Waals surface area contributed by atoms with Crippen LogP contribution in [0.3, 0.4) is 0 Å². The number of hydrogen-bond acceptors (Lipinski definition) is 2. The zero-order valence-corrected chi connectivity index (χ0v) is 11.5. The van der Waals surface area contributed by atoms with Gasteiger partial charge in [0.1, 0.15) is 0 Å². The summed E-state index contributed by atoms with van der Waals surface area (Å²) in [5, 5.41) is 0.718. The predicted molar refractivity (Wildman–Crippen MR) is 74.0 cm³/mol. The minimum Gasteiger partial charge on any atom is -0.336 e. The third kappa shape index (κ3) is 1.52. The molecule has 1 saturated heterocycles. The maximum Gasteiger partial charge on any atom is 0.230 e. The van der Waals surface area contributed by atoms with E-state index in [2.05, 4.69) is 4.90 Å². The Labute approximate surface area is 117 Å². The summed E-state index contributed by atoms with van der Waals surface area (Å²) in [6.07, 6.45) is 3.91. The number of likely N-dealkylation sites (tertiary alicyclic amines) is 1. The number of nitrogens with two attached hydrogens (primary N) is 1. The van der Waals surface area contributed by atoms with Crippen LogP contribution >= 0.6 is 11.6 Å². The molecule has 1 aromatic carbocycles. The number of benzene rings is 1. The quantitative estimate of drug-likeness (QED) is 0.901. The van der Waals surface area contributed by atoms with Gasteiger partial charge in [-0.25, -0.2) is 0 Å². The molecule has 0 aromatic heterocycles. The van der Waals surface area contributed by atoms with Crippen LogP contribution in [-0.4, -0.2) is 28.4 Å². The van der Waals surface area contributed by atoms with Crippen LogP contribution < -0.4 is 5.73 Å². The average molecular weight is 277 g/mol. The second-order valence-corrected chi connectivity index (χ2v) is 6.94. The molecular weight excluding hydrogens is 260 g/mol. The van der Waals surface area contributed by atoms with Gasteiger partial charge in [0.05, 0.1) is 5.92 Å². The minimum absolute atomic E-state index is 0.0139. The van der Waals surface area contributed by atoms with E-state index < -0.39 is 0 Å². The highest BCUT2D eigenvalue weighted by atomic mass is 35.5. The van der Waals surface area contributed by atoms with Crippen molar-refractivity contribution in [1.82, 2.24) is 4.90 Å². The standard InChI is InChI=1S/C15H17ClN2O/c16-11-3-1-10(2-4-11)12-5-6-18(13(12)19)15-7-14(17,8-15)9-15/h1-4,12H,5-9,17H2. The molecule has 2 N–H and O–H groups in total. The lowest BCUT2D eigenvalue weighted by molar-refractivity contribution is -0.174. The molecule has 3 aliphatic carbocycles. The van der Waals surface area contributed by atoms with Crippen molar-refractivity contribution < 1.29 is 4.79 Å². The van der Waals surface area contributed by atoms with E-state index in [-0.39, 0.29) is 22.9 Å². The first-order valence-corrected chi connectivity index (χ1v) is 7.25. The molecule has 1 heterocycles. The number of rotatable bonds is 2. The number of amides is 1. The fourth-order valence-corrected chi connectivity index (χ4v) is 4.38. The fourth-order valence-electron chi connectivity index (χ4n) is 4.25. The molecule has 1 aromatic rings. The summed E-state index contributed by atoms with van der Waals surface area (Å²) in [6.45, 7) is 0.877. The van der Waals surface area contributed by atoms with Gasteiger partial charge in [-0.1, -0.05) is 23.7 Å². The van der Waals surface area contributed by atoms with E-state index in [1.807, 2.05) is 24.3 Å². The summed E-state index contributed by atoms with van der Waals surface area (Å²) in [6, 6.07) is 7.67. The number of carbonyl (C=O) groups excluding carboxylic acids is 1. The SMILES string of the molecule is NC12CC(N3CCC(c4ccc(Cl)cc4)C3=O)(C1)C2. The minimum atomic E-state index is 0.0139. The molecule has 4 aliphatic rings. The highest BCUT2D eigenvalue weighted by molar-refractivity contribution is 6.30. The van der Waals surface area contributed by atoms with Gasteiger partial charge in [-0.15, -0.1) is 0 Å². The molecule has 0 radical (unpaired) electrons. The van der Waals surface area contributed by atoms with Crippen molar-refractivity contribution in [2.24, 2.45) is 5.73 Å². The van der Waals surface area contributed by atoms with Crippen LogP contribution in [0.4, 0.5) is 0 Å². The highest BCUT2D eigenvalue weighted by Crippen LogP contribution is 2.63. The summed E-state index contributed by atoms with van der Waals surface area (Å²) in [7, 11) is 0. The molecule has 0 spiro atoms. The van der Waals surface area contributed by atoms with Crippen LogP contribution in [0, 0.1) is 0 Å². The maximum absolute atomic E-state index is 12.6. The molecule has 19 heavy (non-hydrogen) atoms. The lowest BCUT2D eigenvalue weighted by atomic mass is 9.44. The third-order valence-electron chi connectivity index (χ3n) is 5.09. The van der Waals surface area contributed by atoms with Crippen molar-refractivity contribution in [3.8, 4) is 0 Å². The van der Waals surface area contributed by atoms with E-state index in [1.165, 1.54) is 0 Å². The van der Waals surface area contributed by atoms with E-state index in [9.17, 15) is 4.79 Å². The first kappa shape index (κ1) is 11.7. The second kappa shape index (κ2) is 3.53. The lowest BCUT2D eigenvalue weighted by Crippen LogP contribution is -2.82. The van der Waals surface area contributed by atoms with Crippen molar-refractivity contribution in [2.75, 3.05) is 6.54 Å². The fraction of sp³-hybridized carbons (Fsp3) is 0.533. The van der Waals surface area contributed by atoms with Crippen molar-refractivity contribution in [2.45, 2.75) is 42.7 Å². The largest absolute Gasteiger partial charge is 0.336 e. The van der Waals surface area contributed by atoms with Gasteiger partial charge in [-0.05, 0) is 43.4 Å². The van der Waals surface area contributed by atoms with E-state index in [0.717, 1.165) is 42.8 Å². The molecule has 100 valence electrons. The average Bonchev–Trinajstić information content (AvgIpc) is 2.67. The molecular formula is C15H17ClN2O. The molecule has 4 fully saturated rings. The Morgan fingerprint density at radius 1 is 1.21 bits per heavy atom. The van der Waals surface area contributed by atoms with Crippen molar-refractivity contribution >= 4 is 17.5 Å². The summed E-state index contributed by atoms with van der Waals surface area (Å²) < 4.78 is 0. The molecule has 2 bridgehead atoms. The lowest BCUT2D eigenvalue weighted by Gasteiger charge is -2.71. The second-order valence-electron chi connectivity index (χ2n) is 6.50. The third-order valence-corrected chi connectivity index (χ3v) is 5.35. The van der Waals surface area contributed by atoms with Crippen LogP contribution in [0.5, 0.6) is 0 Å². The Morgan fingerprint density at radius 2 is 1.84 bits per heavy atom. The van der Waals surface area contributed by atoms with Gasteiger partial charge < -0.3 is 10.6 Å².